The van der Waals surface area contributed by atoms with E-state index in [4.69, 9.17) is 11.6 Å². The fraction of sp³-hybridized carbons (Fsp3) is 0.150. The predicted octanol–water partition coefficient (Wildman–Crippen LogP) is 3.18. The van der Waals surface area contributed by atoms with Crippen molar-refractivity contribution in [3.63, 3.8) is 0 Å². The molecule has 0 spiro atoms. The second-order valence-corrected chi connectivity index (χ2v) is 6.70. The maximum atomic E-state index is 14.5. The molecule has 31 heavy (non-hydrogen) atoms. The normalized spacial score (nSPS) is 14.2. The van der Waals surface area contributed by atoms with Crippen molar-refractivity contribution < 1.29 is 22.9 Å². The number of amides is 1. The van der Waals surface area contributed by atoms with Crippen molar-refractivity contribution >= 4 is 28.2 Å². The minimum absolute atomic E-state index is 0.0846. The minimum atomic E-state index is -5.11. The third kappa shape index (κ3) is 3.77. The molecule has 4 N–H and O–H groups in total. The number of benzene rings is 2. The smallest absolute Gasteiger partial charge is 0.369 e. The van der Waals surface area contributed by atoms with Crippen molar-refractivity contribution in [3.8, 4) is 0 Å². The van der Waals surface area contributed by atoms with Gasteiger partial charge in [-0.05, 0) is 35.4 Å². The molecule has 1 heterocycles. The number of non-ortho nitro benzene ring substituents is 1. The summed E-state index contributed by atoms with van der Waals surface area (Å²) in [5, 5.41) is 14.4. The summed E-state index contributed by atoms with van der Waals surface area (Å²) in [4.78, 5) is 26.7. The number of pyridine rings is 1. The summed E-state index contributed by atoms with van der Waals surface area (Å²) in [6.45, 7) is 0. The molecular formula is C20H16F3N5O3. The average molecular weight is 431 g/mol. The van der Waals surface area contributed by atoms with Gasteiger partial charge in [0.1, 0.15) is 0 Å². The Morgan fingerprint density at radius 2 is 1.77 bits per heavy atom. The van der Waals surface area contributed by atoms with E-state index in [9.17, 15) is 28.1 Å². The molecule has 1 atom stereocenters. The van der Waals surface area contributed by atoms with Gasteiger partial charge in [0.2, 0.25) is 5.91 Å². The van der Waals surface area contributed by atoms with Gasteiger partial charge in [-0.3, -0.25) is 19.9 Å². The van der Waals surface area contributed by atoms with E-state index in [-0.39, 0.29) is 33.4 Å². The zero-order valence-electron chi connectivity index (χ0n) is 15.8. The van der Waals surface area contributed by atoms with Gasteiger partial charge in [0.25, 0.3) is 5.69 Å². The number of hydrazone groups is 1. The molecule has 3 rings (SSSR count). The molecule has 0 aliphatic heterocycles. The zero-order chi connectivity index (χ0) is 22.8. The van der Waals surface area contributed by atoms with E-state index in [1.54, 1.807) is 0 Å². The molecule has 0 fully saturated rings. The van der Waals surface area contributed by atoms with E-state index in [1.807, 2.05) is 0 Å². The summed E-state index contributed by atoms with van der Waals surface area (Å²) in [6, 6.07) is 11.5. The number of carbonyl (C=O) groups is 1. The molecular weight excluding hydrogens is 415 g/mol. The Morgan fingerprint density at radius 1 is 1.10 bits per heavy atom. The van der Waals surface area contributed by atoms with Crippen LogP contribution in [0.3, 0.4) is 0 Å². The van der Waals surface area contributed by atoms with Gasteiger partial charge in [0.15, 0.2) is 5.41 Å². The fourth-order valence-corrected chi connectivity index (χ4v) is 3.43. The van der Waals surface area contributed by atoms with Crippen LogP contribution in [0.25, 0.3) is 10.9 Å². The van der Waals surface area contributed by atoms with Gasteiger partial charge in [-0.15, -0.1) is 0 Å². The van der Waals surface area contributed by atoms with Crippen molar-refractivity contribution in [2.75, 3.05) is 0 Å². The number of nitrogens with zero attached hydrogens (tertiary/aromatic N) is 3. The van der Waals surface area contributed by atoms with E-state index >= 15 is 0 Å². The lowest BCUT2D eigenvalue weighted by atomic mass is 9.72. The van der Waals surface area contributed by atoms with Crippen LogP contribution in [0, 0.1) is 10.1 Å². The Bertz CT molecular complexity index is 1170. The Balaban J connectivity index is 2.22. The summed E-state index contributed by atoms with van der Waals surface area (Å²) in [5.41, 5.74) is 1.57. The molecule has 160 valence electrons. The van der Waals surface area contributed by atoms with E-state index in [1.165, 1.54) is 42.6 Å². The van der Waals surface area contributed by atoms with Crippen molar-refractivity contribution in [1.82, 2.24) is 4.98 Å². The van der Waals surface area contributed by atoms with E-state index < -0.39 is 28.8 Å². The Morgan fingerprint density at radius 3 is 2.32 bits per heavy atom. The average Bonchev–Trinajstić information content (AvgIpc) is 2.73. The number of nitro benzene ring substituents is 1. The van der Waals surface area contributed by atoms with Crippen LogP contribution in [0.4, 0.5) is 18.9 Å². The highest BCUT2D eigenvalue weighted by atomic mass is 19.4. The Kier molecular flexibility index (Phi) is 5.60. The lowest BCUT2D eigenvalue weighted by Crippen LogP contribution is -2.54. The number of nitrogens with two attached hydrogens (primary N) is 2. The van der Waals surface area contributed by atoms with Crippen LogP contribution in [0.2, 0.25) is 0 Å². The Hall–Kier alpha value is -4.02. The van der Waals surface area contributed by atoms with E-state index in [0.29, 0.717) is 0 Å². The van der Waals surface area contributed by atoms with Crippen LogP contribution in [-0.4, -0.2) is 27.7 Å². The SMILES string of the molecule is NN=C(CC(C(N)=O)(c1cccc2ncccc12)C(F)(F)F)c1ccc([N+](=O)[O-])cc1. The Labute approximate surface area is 173 Å². The van der Waals surface area contributed by atoms with Crippen LogP contribution >= 0.6 is 0 Å². The van der Waals surface area contributed by atoms with Gasteiger partial charge < -0.3 is 11.6 Å². The minimum Gasteiger partial charge on any atom is -0.369 e. The van der Waals surface area contributed by atoms with Gasteiger partial charge in [0, 0.05) is 30.1 Å². The number of primary amides is 1. The third-order valence-corrected chi connectivity index (χ3v) is 5.01. The van der Waals surface area contributed by atoms with Gasteiger partial charge >= 0.3 is 6.18 Å². The first-order valence-electron chi connectivity index (χ1n) is 8.84. The van der Waals surface area contributed by atoms with Crippen molar-refractivity contribution in [1.29, 1.82) is 0 Å². The number of carbonyl (C=O) groups excluding carboxylic acids is 1. The molecule has 0 aliphatic rings. The fourth-order valence-electron chi connectivity index (χ4n) is 3.43. The molecule has 0 aliphatic carbocycles. The van der Waals surface area contributed by atoms with Gasteiger partial charge in [0.05, 0.1) is 16.2 Å². The topological polar surface area (TPSA) is 138 Å². The number of halogens is 3. The second kappa shape index (κ2) is 8.01. The molecule has 0 saturated carbocycles. The largest absolute Gasteiger partial charge is 0.407 e. The summed E-state index contributed by atoms with van der Waals surface area (Å²) in [7, 11) is 0. The van der Waals surface area contributed by atoms with Crippen LogP contribution < -0.4 is 11.6 Å². The first kappa shape index (κ1) is 21.7. The molecule has 0 bridgehead atoms. The van der Waals surface area contributed by atoms with Crippen molar-refractivity contribution in [2.45, 2.75) is 18.0 Å². The molecule has 8 nitrogen and oxygen atoms in total. The number of rotatable bonds is 6. The first-order valence-corrected chi connectivity index (χ1v) is 8.84. The number of nitro groups is 1. The van der Waals surface area contributed by atoms with Crippen molar-refractivity contribution in [2.24, 2.45) is 16.7 Å². The predicted molar refractivity (Wildman–Crippen MR) is 107 cm³/mol. The summed E-state index contributed by atoms with van der Waals surface area (Å²) in [5.74, 6) is 3.73. The molecule has 1 aromatic heterocycles. The first-order chi connectivity index (χ1) is 14.6. The zero-order valence-corrected chi connectivity index (χ0v) is 15.8. The molecule has 1 unspecified atom stereocenters. The lowest BCUT2D eigenvalue weighted by molar-refractivity contribution is -0.384. The maximum Gasteiger partial charge on any atom is 0.407 e. The van der Waals surface area contributed by atoms with E-state index in [0.717, 1.165) is 18.2 Å². The molecule has 3 aromatic rings. The standard InChI is InChI=1S/C20H16F3N5O3/c21-20(22,23)19(18(24)29,15-4-1-5-16-14(15)3-2-10-26-16)11-17(27-25)12-6-8-13(9-7-12)28(30)31/h1-10H,11,25H2,(H2,24,29). The maximum absolute atomic E-state index is 14.5. The van der Waals surface area contributed by atoms with Gasteiger partial charge in [-0.2, -0.15) is 18.3 Å². The summed E-state index contributed by atoms with van der Waals surface area (Å²) >= 11 is 0. The van der Waals surface area contributed by atoms with Gasteiger partial charge in [-0.1, -0.05) is 18.2 Å². The van der Waals surface area contributed by atoms with Crippen LogP contribution in [0.1, 0.15) is 17.5 Å². The molecule has 0 radical (unpaired) electrons. The van der Waals surface area contributed by atoms with Crippen LogP contribution in [0.15, 0.2) is 65.9 Å². The highest BCUT2D eigenvalue weighted by Crippen LogP contribution is 2.46. The number of hydrogen-bond donors (Lipinski definition) is 2. The highest BCUT2D eigenvalue weighted by Gasteiger charge is 2.61. The second-order valence-electron chi connectivity index (χ2n) is 6.70. The number of aromatic nitrogens is 1. The molecule has 11 heteroatoms. The van der Waals surface area contributed by atoms with E-state index in [2.05, 4.69) is 10.1 Å². The monoisotopic (exact) mass is 431 g/mol. The summed E-state index contributed by atoms with van der Waals surface area (Å²) in [6.07, 6.45) is -4.71. The number of fused-ring (bicyclic) bond motifs is 1. The molecule has 2 aromatic carbocycles. The summed E-state index contributed by atoms with van der Waals surface area (Å²) < 4.78 is 43.5. The highest BCUT2D eigenvalue weighted by molar-refractivity contribution is 6.06. The quantitative estimate of drug-likeness (QED) is 0.267. The molecule has 0 saturated heterocycles. The van der Waals surface area contributed by atoms with Crippen molar-refractivity contribution in [3.05, 3.63) is 82.0 Å². The number of hydrogen-bond acceptors (Lipinski definition) is 6. The van der Waals surface area contributed by atoms with Crippen LogP contribution in [0.5, 0.6) is 0 Å². The van der Waals surface area contributed by atoms with Gasteiger partial charge in [-0.25, -0.2) is 0 Å². The third-order valence-electron chi connectivity index (χ3n) is 5.01. The lowest BCUT2D eigenvalue weighted by Gasteiger charge is -2.34. The van der Waals surface area contributed by atoms with Crippen LogP contribution in [-0.2, 0) is 10.2 Å². The molecule has 1 amide bonds. The number of alkyl halides is 3.